The van der Waals surface area contributed by atoms with Crippen molar-refractivity contribution in [3.63, 3.8) is 0 Å². The Kier molecular flexibility index (Phi) is 12.8. The van der Waals surface area contributed by atoms with Crippen LogP contribution in [0.2, 0.25) is 0 Å². The fourth-order valence-electron chi connectivity index (χ4n) is 1.34. The summed E-state index contributed by atoms with van der Waals surface area (Å²) in [6.07, 6.45) is 0. The van der Waals surface area contributed by atoms with E-state index in [0.29, 0.717) is 0 Å². The van der Waals surface area contributed by atoms with Gasteiger partial charge in [0.1, 0.15) is 0 Å². The fraction of sp³-hybridized carbons (Fsp3) is 1.00. The molecule has 0 fully saturated rings. The van der Waals surface area contributed by atoms with Gasteiger partial charge in [-0.25, -0.2) is 0 Å². The molecule has 0 bridgehead atoms. The first-order valence-corrected chi connectivity index (χ1v) is 4.09. The topological polar surface area (TPSA) is 0 Å². The van der Waals surface area contributed by atoms with E-state index in [0.717, 1.165) is 0 Å². The summed E-state index contributed by atoms with van der Waals surface area (Å²) in [6, 6.07) is 0. The number of rotatable bonds is 4. The van der Waals surface area contributed by atoms with Crippen LogP contribution in [0.3, 0.4) is 0 Å². The highest BCUT2D eigenvalue weighted by Crippen LogP contribution is 2.03. The first kappa shape index (κ1) is 17.3. The minimum atomic E-state index is 0. The van der Waals surface area contributed by atoms with E-state index >= 15 is 0 Å². The van der Waals surface area contributed by atoms with Crippen LogP contribution in [-0.2, 0) is 0 Å². The Morgan fingerprint density at radius 1 is 0.727 bits per heavy atom. The molecular weight excluding hydrogens is 132 g/mol. The number of quaternary nitrogens is 1. The fourth-order valence-corrected chi connectivity index (χ4v) is 1.34. The summed E-state index contributed by atoms with van der Waals surface area (Å²) in [5.74, 6) is 0. The van der Waals surface area contributed by atoms with E-state index in [1.807, 2.05) is 0 Å². The van der Waals surface area contributed by atoms with Crippen LogP contribution in [0.25, 0.3) is 0 Å². The second-order valence-corrected chi connectivity index (χ2v) is 2.61. The largest absolute Gasteiger partial charge is 0.325 e. The Morgan fingerprint density at radius 2 is 0.909 bits per heavy atom. The lowest BCUT2D eigenvalue weighted by atomic mass is 10.3. The van der Waals surface area contributed by atoms with Gasteiger partial charge in [-0.05, 0) is 27.7 Å². The monoisotopic (exact) mass is 159 g/mol. The molecule has 0 saturated carbocycles. The van der Waals surface area contributed by atoms with E-state index in [2.05, 4.69) is 27.7 Å². The van der Waals surface area contributed by atoms with Crippen LogP contribution in [0.5, 0.6) is 0 Å². The Bertz CT molecular complexity index is 55.0. The van der Waals surface area contributed by atoms with E-state index in [1.165, 1.54) is 30.7 Å². The number of hydrogen-bond acceptors (Lipinski definition) is 0. The third kappa shape index (κ3) is 4.52. The Labute approximate surface area is 75.9 Å². The molecule has 3 heteroatoms. The maximum Gasteiger partial charge on any atom is 0.0814 e. The molecule has 0 atom stereocenters. The number of nitrogens with zero attached hydrogens (tertiary/aromatic N) is 1. The second-order valence-electron chi connectivity index (χ2n) is 2.61. The molecule has 0 aromatic carbocycles. The van der Waals surface area contributed by atoms with Gasteiger partial charge in [0, 0.05) is 0 Å². The molecule has 0 spiro atoms. The smallest absolute Gasteiger partial charge is 0.0814 e. The van der Waals surface area contributed by atoms with Crippen LogP contribution in [0.1, 0.15) is 27.7 Å². The highest BCUT2D eigenvalue weighted by Gasteiger charge is 2.16. The highest BCUT2D eigenvalue weighted by atomic mass is 15.3. The normalized spacial score (nSPS) is 9.82. The molecule has 0 aromatic heterocycles. The third-order valence-corrected chi connectivity index (χ3v) is 2.68. The molecule has 0 N–H and O–H groups in total. The maximum absolute atomic E-state index is 2.27. The minimum Gasteiger partial charge on any atom is -0.325 e. The molecule has 0 unspecified atom stereocenters. The van der Waals surface area contributed by atoms with Crippen molar-refractivity contribution < 1.29 is 4.48 Å². The van der Waals surface area contributed by atoms with Gasteiger partial charge >= 0.3 is 0 Å². The molecule has 0 rings (SSSR count). The summed E-state index contributed by atoms with van der Waals surface area (Å²) in [5, 5.41) is 0. The van der Waals surface area contributed by atoms with Gasteiger partial charge < -0.3 is 4.48 Å². The summed E-state index contributed by atoms with van der Waals surface area (Å²) in [6.45, 7) is 14.2. The molecule has 0 heterocycles. The molecule has 70 valence electrons. The van der Waals surface area contributed by atoms with E-state index < -0.39 is 0 Å². The molecule has 1 nitrogen and oxygen atoms in total. The van der Waals surface area contributed by atoms with Gasteiger partial charge in [0.25, 0.3) is 0 Å². The molecule has 0 aliphatic carbocycles. The van der Waals surface area contributed by atoms with Crippen molar-refractivity contribution in [3.8, 4) is 0 Å². The van der Waals surface area contributed by atoms with Crippen molar-refractivity contribution in [2.75, 3.05) is 26.2 Å². The van der Waals surface area contributed by atoms with Crippen molar-refractivity contribution in [1.82, 2.24) is 0 Å². The molecule has 0 aliphatic rings. The molecule has 11 heavy (non-hydrogen) atoms. The van der Waals surface area contributed by atoms with Crippen molar-refractivity contribution >= 4 is 16.8 Å². The predicted octanol–water partition coefficient (Wildman–Crippen LogP) is -0.753. The number of hydrogen-bond donors (Lipinski definition) is 0. The van der Waals surface area contributed by atoms with Crippen LogP contribution in [0.4, 0.5) is 0 Å². The zero-order valence-electron chi connectivity index (χ0n) is 7.28. The minimum absolute atomic E-state index is 0. The quantitative estimate of drug-likeness (QED) is 0.374. The molecule has 0 amide bonds. The predicted molar refractivity (Wildman–Crippen MR) is 63.7 cm³/mol. The van der Waals surface area contributed by atoms with E-state index in [1.54, 1.807) is 0 Å². The lowest BCUT2D eigenvalue weighted by Crippen LogP contribution is -2.47. The van der Waals surface area contributed by atoms with Gasteiger partial charge in [-0.1, -0.05) is 8.41 Å². The van der Waals surface area contributed by atoms with Gasteiger partial charge in [-0.2, -0.15) is 0 Å². The standard InChI is InChI=1S/C8H20N.BH4.BH3/c1-5-9(6-2,7-3)8-4;;/h5-8H2,1-4H3;1H4;1H3/q+1;-1;. The van der Waals surface area contributed by atoms with Crippen LogP contribution in [-0.4, -0.2) is 47.5 Å². The van der Waals surface area contributed by atoms with Gasteiger partial charge in [0.2, 0.25) is 0 Å². The molecule has 0 aliphatic heterocycles. The zero-order chi connectivity index (χ0) is 7.33. The van der Waals surface area contributed by atoms with Gasteiger partial charge in [-0.15, -0.1) is 0 Å². The van der Waals surface area contributed by atoms with Crippen LogP contribution in [0.15, 0.2) is 0 Å². The van der Waals surface area contributed by atoms with E-state index in [4.69, 9.17) is 0 Å². The van der Waals surface area contributed by atoms with Crippen LogP contribution in [0, 0.1) is 0 Å². The summed E-state index contributed by atoms with van der Waals surface area (Å²) in [7, 11) is 0. The summed E-state index contributed by atoms with van der Waals surface area (Å²) < 4.78 is 1.28. The summed E-state index contributed by atoms with van der Waals surface area (Å²) >= 11 is 0. The SMILES string of the molecule is B.CC[N+](CC)(CC)CC.[BH4-]. The van der Waals surface area contributed by atoms with Crippen LogP contribution < -0.4 is 0 Å². The van der Waals surface area contributed by atoms with E-state index in [-0.39, 0.29) is 16.8 Å². The van der Waals surface area contributed by atoms with Crippen molar-refractivity contribution in [3.05, 3.63) is 0 Å². The third-order valence-electron chi connectivity index (χ3n) is 2.68. The van der Waals surface area contributed by atoms with Crippen molar-refractivity contribution in [2.45, 2.75) is 27.7 Å². The lowest BCUT2D eigenvalue weighted by molar-refractivity contribution is -0.921. The molecule has 0 saturated heterocycles. The van der Waals surface area contributed by atoms with Crippen LogP contribution >= 0.6 is 0 Å². The van der Waals surface area contributed by atoms with Gasteiger partial charge in [0.05, 0.1) is 34.6 Å². The molecular formula is C8H27B2N. The Hall–Kier alpha value is 0.0899. The Balaban J connectivity index is -0.000000320. The highest BCUT2D eigenvalue weighted by molar-refractivity contribution is 5.76. The van der Waals surface area contributed by atoms with Crippen molar-refractivity contribution in [2.24, 2.45) is 0 Å². The van der Waals surface area contributed by atoms with Gasteiger partial charge in [0.15, 0.2) is 0 Å². The lowest BCUT2D eigenvalue weighted by Gasteiger charge is -2.34. The van der Waals surface area contributed by atoms with Crippen molar-refractivity contribution in [1.29, 1.82) is 0 Å². The first-order valence-electron chi connectivity index (χ1n) is 4.09. The maximum atomic E-state index is 2.27. The Morgan fingerprint density at radius 3 is 0.909 bits per heavy atom. The summed E-state index contributed by atoms with van der Waals surface area (Å²) in [4.78, 5) is 0. The first-order chi connectivity index (χ1) is 4.24. The van der Waals surface area contributed by atoms with E-state index in [9.17, 15) is 0 Å². The van der Waals surface area contributed by atoms with Gasteiger partial charge in [-0.3, -0.25) is 0 Å². The summed E-state index contributed by atoms with van der Waals surface area (Å²) in [5.41, 5.74) is 0. The average Bonchev–Trinajstić information content (AvgIpc) is 1.95. The molecule has 0 radical (unpaired) electrons. The second kappa shape index (κ2) is 8.19. The average molecular weight is 159 g/mol. The zero-order valence-corrected chi connectivity index (χ0v) is 7.28. The molecule has 0 aromatic rings.